The molecule has 0 bridgehead atoms. The van der Waals surface area contributed by atoms with Crippen LogP contribution in [0.25, 0.3) is 0 Å². The Balaban J connectivity index is 2.17. The number of hydroxylamine groups is 2. The highest BCUT2D eigenvalue weighted by Crippen LogP contribution is 2.27. The zero-order valence-corrected chi connectivity index (χ0v) is 16.0. The third kappa shape index (κ3) is 5.71. The molecule has 0 radical (unpaired) electrons. The van der Waals surface area contributed by atoms with Gasteiger partial charge in [0.2, 0.25) is 5.91 Å². The molecule has 0 spiro atoms. The average Bonchev–Trinajstić information content (AvgIpc) is 2.57. The molecule has 2 aromatic carbocycles. The molecule has 3 heteroatoms. The summed E-state index contributed by atoms with van der Waals surface area (Å²) in [7, 11) is 0. The first-order chi connectivity index (χ1) is 11.8. The van der Waals surface area contributed by atoms with E-state index in [-0.39, 0.29) is 11.9 Å². The van der Waals surface area contributed by atoms with Gasteiger partial charge in [-0.25, -0.2) is 5.06 Å². The van der Waals surface area contributed by atoms with Crippen LogP contribution in [0.1, 0.15) is 56.8 Å². The number of nitrogens with zero attached hydrogens (tertiary/aromatic N) is 1. The molecule has 2 aromatic rings. The Morgan fingerprint density at radius 1 is 1.04 bits per heavy atom. The smallest absolute Gasteiger partial charge is 0.247 e. The number of carbonyl (C=O) groups excluding carboxylic acids is 1. The Morgan fingerprint density at radius 2 is 1.64 bits per heavy atom. The highest BCUT2D eigenvalue weighted by molar-refractivity contribution is 5.76. The Hall–Kier alpha value is -2.13. The van der Waals surface area contributed by atoms with Gasteiger partial charge in [-0.15, -0.1) is 0 Å². The van der Waals surface area contributed by atoms with E-state index < -0.39 is 5.60 Å². The minimum absolute atomic E-state index is 0.00883. The van der Waals surface area contributed by atoms with Gasteiger partial charge in [0, 0.05) is 6.42 Å². The summed E-state index contributed by atoms with van der Waals surface area (Å²) in [5.41, 5.74) is 3.00. The molecule has 0 heterocycles. The van der Waals surface area contributed by atoms with Gasteiger partial charge in [0.05, 0.1) is 11.6 Å². The van der Waals surface area contributed by atoms with Crippen molar-refractivity contribution in [1.29, 1.82) is 0 Å². The maximum atomic E-state index is 12.9. The van der Waals surface area contributed by atoms with E-state index in [9.17, 15) is 4.79 Å². The maximum absolute atomic E-state index is 12.9. The van der Waals surface area contributed by atoms with Crippen LogP contribution in [-0.2, 0) is 16.1 Å². The molecule has 0 aliphatic rings. The lowest BCUT2D eigenvalue weighted by Gasteiger charge is -2.35. The molecule has 0 fully saturated rings. The first-order valence-corrected chi connectivity index (χ1v) is 8.88. The van der Waals surface area contributed by atoms with Crippen molar-refractivity contribution in [2.45, 2.75) is 59.1 Å². The lowest BCUT2D eigenvalue weighted by atomic mass is 10.0. The van der Waals surface area contributed by atoms with E-state index >= 15 is 0 Å². The fraction of sp³-hybridized carbons (Fsp3) is 0.409. The number of hydrogen-bond donors (Lipinski definition) is 0. The molecule has 134 valence electrons. The lowest BCUT2D eigenvalue weighted by Crippen LogP contribution is -2.40. The van der Waals surface area contributed by atoms with Gasteiger partial charge in [0.1, 0.15) is 0 Å². The lowest BCUT2D eigenvalue weighted by molar-refractivity contribution is -0.242. The molecule has 0 saturated heterocycles. The second-order valence-electron chi connectivity index (χ2n) is 7.44. The molecule has 1 amide bonds. The second-order valence-corrected chi connectivity index (χ2v) is 7.44. The summed E-state index contributed by atoms with van der Waals surface area (Å²) in [5.74, 6) is 0.00883. The van der Waals surface area contributed by atoms with E-state index in [0.29, 0.717) is 12.8 Å². The summed E-state index contributed by atoms with van der Waals surface area (Å²) in [6.07, 6.45) is 1.14. The fourth-order valence-corrected chi connectivity index (χ4v) is 2.83. The summed E-state index contributed by atoms with van der Waals surface area (Å²) in [6, 6.07) is 18.1. The highest BCUT2D eigenvalue weighted by atomic mass is 16.7. The molecule has 1 unspecified atom stereocenters. The Kier molecular flexibility index (Phi) is 6.38. The van der Waals surface area contributed by atoms with E-state index in [1.54, 1.807) is 5.06 Å². The van der Waals surface area contributed by atoms with Crippen LogP contribution in [-0.4, -0.2) is 16.6 Å². The van der Waals surface area contributed by atoms with Gasteiger partial charge in [-0.1, -0.05) is 54.6 Å². The minimum atomic E-state index is -0.431. The van der Waals surface area contributed by atoms with E-state index in [2.05, 4.69) is 19.1 Å². The third-order valence-corrected chi connectivity index (χ3v) is 4.08. The normalized spacial score (nSPS) is 12.7. The predicted molar refractivity (Wildman–Crippen MR) is 102 cm³/mol. The zero-order valence-electron chi connectivity index (χ0n) is 16.0. The molecular formula is C22H29NO2. The van der Waals surface area contributed by atoms with Crippen LogP contribution in [0.3, 0.4) is 0 Å². The topological polar surface area (TPSA) is 29.5 Å². The van der Waals surface area contributed by atoms with Crippen molar-refractivity contribution in [3.8, 4) is 0 Å². The molecule has 1 atom stereocenters. The van der Waals surface area contributed by atoms with Crippen molar-refractivity contribution < 1.29 is 9.63 Å². The van der Waals surface area contributed by atoms with Gasteiger partial charge < -0.3 is 0 Å². The Bertz CT molecular complexity index is 689. The molecule has 2 rings (SSSR count). The van der Waals surface area contributed by atoms with Crippen molar-refractivity contribution in [1.82, 2.24) is 5.06 Å². The number of hydrogen-bond acceptors (Lipinski definition) is 2. The van der Waals surface area contributed by atoms with Gasteiger partial charge in [0.15, 0.2) is 0 Å². The van der Waals surface area contributed by atoms with E-state index in [0.717, 1.165) is 16.7 Å². The van der Waals surface area contributed by atoms with Crippen molar-refractivity contribution >= 4 is 5.91 Å². The van der Waals surface area contributed by atoms with Gasteiger partial charge in [-0.05, 0) is 57.7 Å². The van der Waals surface area contributed by atoms with Crippen LogP contribution in [0.15, 0.2) is 54.6 Å². The quantitative estimate of drug-likeness (QED) is 0.673. The van der Waals surface area contributed by atoms with Gasteiger partial charge in [-0.2, -0.15) is 0 Å². The second kappa shape index (κ2) is 8.30. The number of benzene rings is 2. The van der Waals surface area contributed by atoms with Crippen LogP contribution >= 0.6 is 0 Å². The Morgan fingerprint density at radius 3 is 2.24 bits per heavy atom. The predicted octanol–water partition coefficient (Wildman–Crippen LogP) is 5.25. The van der Waals surface area contributed by atoms with Crippen LogP contribution in [0.5, 0.6) is 0 Å². The molecule has 0 aliphatic heterocycles. The molecule has 0 aliphatic carbocycles. The molecule has 0 saturated carbocycles. The summed E-state index contributed by atoms with van der Waals surface area (Å²) < 4.78 is 0. The van der Waals surface area contributed by atoms with Crippen LogP contribution in [0, 0.1) is 6.92 Å². The summed E-state index contributed by atoms with van der Waals surface area (Å²) >= 11 is 0. The molecular weight excluding hydrogens is 310 g/mol. The number of carbonyl (C=O) groups is 1. The molecule has 3 nitrogen and oxygen atoms in total. The highest BCUT2D eigenvalue weighted by Gasteiger charge is 2.28. The van der Waals surface area contributed by atoms with E-state index in [4.69, 9.17) is 4.84 Å². The summed E-state index contributed by atoms with van der Waals surface area (Å²) in [4.78, 5) is 19.0. The first kappa shape index (κ1) is 19.2. The summed E-state index contributed by atoms with van der Waals surface area (Å²) in [6.45, 7) is 9.99. The molecule has 25 heavy (non-hydrogen) atoms. The van der Waals surface area contributed by atoms with Crippen LogP contribution in [0.2, 0.25) is 0 Å². The third-order valence-electron chi connectivity index (χ3n) is 4.08. The largest absolute Gasteiger partial charge is 0.273 e. The minimum Gasteiger partial charge on any atom is -0.273 e. The average molecular weight is 339 g/mol. The van der Waals surface area contributed by atoms with Crippen molar-refractivity contribution in [2.24, 2.45) is 0 Å². The van der Waals surface area contributed by atoms with E-state index in [1.165, 1.54) is 0 Å². The number of aryl methyl sites for hydroxylation is 2. The maximum Gasteiger partial charge on any atom is 0.247 e. The van der Waals surface area contributed by atoms with Crippen molar-refractivity contribution in [3.63, 3.8) is 0 Å². The van der Waals surface area contributed by atoms with Gasteiger partial charge in [-0.3, -0.25) is 9.63 Å². The van der Waals surface area contributed by atoms with Crippen LogP contribution in [0.4, 0.5) is 0 Å². The molecule has 0 aromatic heterocycles. The van der Waals surface area contributed by atoms with Crippen molar-refractivity contribution in [3.05, 3.63) is 71.3 Å². The first-order valence-electron chi connectivity index (χ1n) is 8.88. The van der Waals surface area contributed by atoms with Crippen LogP contribution < -0.4 is 0 Å². The zero-order chi connectivity index (χ0) is 18.4. The number of amides is 1. The standard InChI is InChI=1S/C22H29NO2/c1-17-11-9-10-14-20(17)18(2)23(25-22(3,4)5)21(24)16-15-19-12-7-6-8-13-19/h6-14,18H,15-16H2,1-5H3. The molecule has 0 N–H and O–H groups in total. The fourth-order valence-electron chi connectivity index (χ4n) is 2.83. The van der Waals surface area contributed by atoms with E-state index in [1.807, 2.05) is 70.2 Å². The SMILES string of the molecule is Cc1ccccc1C(C)N(OC(C)(C)C)C(=O)CCc1ccccc1. The summed E-state index contributed by atoms with van der Waals surface area (Å²) in [5, 5.41) is 1.56. The number of rotatable bonds is 6. The van der Waals surface area contributed by atoms with Gasteiger partial charge >= 0.3 is 0 Å². The van der Waals surface area contributed by atoms with Crippen molar-refractivity contribution in [2.75, 3.05) is 0 Å². The van der Waals surface area contributed by atoms with Gasteiger partial charge in [0.25, 0.3) is 0 Å². The Labute approximate surface area is 151 Å². The monoisotopic (exact) mass is 339 g/mol.